The predicted octanol–water partition coefficient (Wildman–Crippen LogP) is 3.02. The minimum absolute atomic E-state index is 0.323. The Kier molecular flexibility index (Phi) is 5.63. The molecule has 0 aliphatic heterocycles. The maximum atomic E-state index is 11.0. The third-order valence-electron chi connectivity index (χ3n) is 2.20. The van der Waals surface area contributed by atoms with Gasteiger partial charge in [-0.2, -0.15) is 11.8 Å². The van der Waals surface area contributed by atoms with Crippen LogP contribution in [0.15, 0.2) is 30.9 Å². The molecule has 0 saturated carbocycles. The average molecular weight is 251 g/mol. The number of carboxylic acids is 1. The van der Waals surface area contributed by atoms with Crippen molar-refractivity contribution in [3.8, 4) is 0 Å². The van der Waals surface area contributed by atoms with Gasteiger partial charge in [0.05, 0.1) is 5.56 Å². The number of benzene rings is 1. The lowest BCUT2D eigenvalue weighted by Gasteiger charge is -2.10. The second-order valence-electron chi connectivity index (χ2n) is 3.64. The fraction of sp³-hybridized carbons (Fsp3) is 0.308. The van der Waals surface area contributed by atoms with Crippen LogP contribution in [0.4, 0.5) is 5.69 Å². The predicted molar refractivity (Wildman–Crippen MR) is 74.2 cm³/mol. The minimum Gasteiger partial charge on any atom is -0.478 e. The number of aromatic carboxylic acids is 1. The van der Waals surface area contributed by atoms with Gasteiger partial charge in [0.1, 0.15) is 0 Å². The highest BCUT2D eigenvalue weighted by Gasteiger charge is 2.08. The zero-order valence-electron chi connectivity index (χ0n) is 9.90. The molecule has 0 radical (unpaired) electrons. The molecular weight excluding hydrogens is 234 g/mol. The van der Waals surface area contributed by atoms with E-state index in [0.717, 1.165) is 23.6 Å². The van der Waals surface area contributed by atoms with E-state index in [1.807, 2.05) is 19.1 Å². The number of anilines is 1. The summed E-state index contributed by atoms with van der Waals surface area (Å²) >= 11 is 1.76. The average Bonchev–Trinajstić information content (AvgIpc) is 2.28. The summed E-state index contributed by atoms with van der Waals surface area (Å²) in [6, 6.07) is 5.31. The molecule has 0 aliphatic carbocycles. The second kappa shape index (κ2) is 7.01. The highest BCUT2D eigenvalue weighted by Crippen LogP contribution is 2.17. The summed E-state index contributed by atoms with van der Waals surface area (Å²) < 4.78 is 0. The minimum atomic E-state index is -0.897. The molecule has 1 aromatic rings. The molecule has 2 N–H and O–H groups in total. The highest BCUT2D eigenvalue weighted by atomic mass is 32.2. The van der Waals surface area contributed by atoms with Crippen LogP contribution >= 0.6 is 11.8 Å². The Bertz CT molecular complexity index is 404. The standard InChI is InChI=1S/C13H17NO2S/c1-3-7-17-8-6-14-12-9-10(2)4-5-11(12)13(15)16/h3-5,9,14H,1,6-8H2,2H3,(H,15,16). The van der Waals surface area contributed by atoms with Crippen molar-refractivity contribution in [1.82, 2.24) is 0 Å². The Morgan fingerprint density at radius 1 is 1.59 bits per heavy atom. The highest BCUT2D eigenvalue weighted by molar-refractivity contribution is 7.99. The van der Waals surface area contributed by atoms with Crippen molar-refractivity contribution in [3.63, 3.8) is 0 Å². The number of carboxylic acid groups (broad SMARTS) is 1. The lowest BCUT2D eigenvalue weighted by Crippen LogP contribution is -2.09. The number of nitrogens with one attached hydrogen (secondary N) is 1. The Balaban J connectivity index is 2.59. The van der Waals surface area contributed by atoms with Crippen molar-refractivity contribution in [2.75, 3.05) is 23.4 Å². The molecular formula is C13H17NO2S. The van der Waals surface area contributed by atoms with Crippen LogP contribution in [0.25, 0.3) is 0 Å². The lowest BCUT2D eigenvalue weighted by atomic mass is 10.1. The van der Waals surface area contributed by atoms with Crippen molar-refractivity contribution >= 4 is 23.4 Å². The number of hydrogen-bond acceptors (Lipinski definition) is 3. The lowest BCUT2D eigenvalue weighted by molar-refractivity contribution is 0.0698. The first-order valence-electron chi connectivity index (χ1n) is 5.41. The van der Waals surface area contributed by atoms with Crippen molar-refractivity contribution in [1.29, 1.82) is 0 Å². The van der Waals surface area contributed by atoms with Gasteiger partial charge in [-0.3, -0.25) is 0 Å². The van der Waals surface area contributed by atoms with Crippen LogP contribution in [0.2, 0.25) is 0 Å². The molecule has 0 spiro atoms. The van der Waals surface area contributed by atoms with Crippen molar-refractivity contribution in [3.05, 3.63) is 42.0 Å². The number of hydrogen-bond donors (Lipinski definition) is 2. The van der Waals surface area contributed by atoms with Gasteiger partial charge >= 0.3 is 5.97 Å². The second-order valence-corrected chi connectivity index (χ2v) is 4.79. The fourth-order valence-electron chi connectivity index (χ4n) is 1.42. The number of carbonyl (C=O) groups is 1. The quantitative estimate of drug-likeness (QED) is 0.577. The SMILES string of the molecule is C=CCSCCNc1cc(C)ccc1C(=O)O. The van der Waals surface area contributed by atoms with Gasteiger partial charge in [-0.1, -0.05) is 12.1 Å². The Morgan fingerprint density at radius 2 is 2.35 bits per heavy atom. The van der Waals surface area contributed by atoms with Crippen LogP contribution in [-0.4, -0.2) is 29.1 Å². The van der Waals surface area contributed by atoms with Crippen LogP contribution in [0, 0.1) is 6.92 Å². The molecule has 0 aromatic heterocycles. The van der Waals surface area contributed by atoms with Crippen LogP contribution in [0.5, 0.6) is 0 Å². The summed E-state index contributed by atoms with van der Waals surface area (Å²) in [4.78, 5) is 11.0. The van der Waals surface area contributed by atoms with Gasteiger partial charge in [-0.05, 0) is 24.6 Å². The Labute approximate surface area is 106 Å². The van der Waals surface area contributed by atoms with Gasteiger partial charge in [0, 0.05) is 23.7 Å². The normalized spacial score (nSPS) is 9.94. The molecule has 0 saturated heterocycles. The molecule has 92 valence electrons. The number of rotatable bonds is 7. The molecule has 17 heavy (non-hydrogen) atoms. The van der Waals surface area contributed by atoms with Crippen LogP contribution in [0.1, 0.15) is 15.9 Å². The molecule has 0 fully saturated rings. The first-order chi connectivity index (χ1) is 8.15. The van der Waals surface area contributed by atoms with E-state index < -0.39 is 5.97 Å². The zero-order chi connectivity index (χ0) is 12.7. The maximum Gasteiger partial charge on any atom is 0.337 e. The molecule has 3 nitrogen and oxygen atoms in total. The van der Waals surface area contributed by atoms with E-state index in [4.69, 9.17) is 5.11 Å². The molecule has 0 atom stereocenters. The summed E-state index contributed by atoms with van der Waals surface area (Å²) in [6.07, 6.45) is 1.86. The summed E-state index contributed by atoms with van der Waals surface area (Å²) in [5.41, 5.74) is 2.07. The van der Waals surface area contributed by atoms with Gasteiger partial charge in [0.15, 0.2) is 0 Å². The summed E-state index contributed by atoms with van der Waals surface area (Å²) in [6.45, 7) is 6.35. The maximum absolute atomic E-state index is 11.0. The third-order valence-corrected chi connectivity index (χ3v) is 3.17. The topological polar surface area (TPSA) is 49.3 Å². The van der Waals surface area contributed by atoms with Crippen LogP contribution < -0.4 is 5.32 Å². The van der Waals surface area contributed by atoms with Gasteiger partial charge in [-0.15, -0.1) is 6.58 Å². The van der Waals surface area contributed by atoms with Crippen molar-refractivity contribution in [2.24, 2.45) is 0 Å². The van der Waals surface area contributed by atoms with Crippen molar-refractivity contribution < 1.29 is 9.90 Å². The van der Waals surface area contributed by atoms with E-state index in [1.54, 1.807) is 23.9 Å². The summed E-state index contributed by atoms with van der Waals surface area (Å²) in [5.74, 6) is 0.951. The smallest absolute Gasteiger partial charge is 0.337 e. The largest absolute Gasteiger partial charge is 0.478 e. The zero-order valence-corrected chi connectivity index (χ0v) is 10.7. The van der Waals surface area contributed by atoms with Crippen molar-refractivity contribution in [2.45, 2.75) is 6.92 Å². The van der Waals surface area contributed by atoms with Gasteiger partial charge < -0.3 is 10.4 Å². The Morgan fingerprint density at radius 3 is 3.00 bits per heavy atom. The molecule has 0 bridgehead atoms. The van der Waals surface area contributed by atoms with E-state index in [1.165, 1.54) is 0 Å². The van der Waals surface area contributed by atoms with E-state index >= 15 is 0 Å². The molecule has 4 heteroatoms. The van der Waals surface area contributed by atoms with E-state index in [9.17, 15) is 4.79 Å². The number of aryl methyl sites for hydroxylation is 1. The summed E-state index contributed by atoms with van der Waals surface area (Å²) in [7, 11) is 0. The molecule has 0 heterocycles. The number of thioether (sulfide) groups is 1. The first-order valence-corrected chi connectivity index (χ1v) is 6.57. The van der Waals surface area contributed by atoms with E-state index in [0.29, 0.717) is 11.3 Å². The molecule has 1 aromatic carbocycles. The molecule has 0 amide bonds. The van der Waals surface area contributed by atoms with Gasteiger partial charge in [-0.25, -0.2) is 4.79 Å². The first kappa shape index (κ1) is 13.6. The Hall–Kier alpha value is -1.42. The molecule has 0 aliphatic rings. The third kappa shape index (κ3) is 4.53. The van der Waals surface area contributed by atoms with Crippen LogP contribution in [0.3, 0.4) is 0 Å². The molecule has 0 unspecified atom stereocenters. The van der Waals surface area contributed by atoms with Crippen LogP contribution in [-0.2, 0) is 0 Å². The van der Waals surface area contributed by atoms with E-state index in [2.05, 4.69) is 11.9 Å². The van der Waals surface area contributed by atoms with E-state index in [-0.39, 0.29) is 0 Å². The van der Waals surface area contributed by atoms with Gasteiger partial charge in [0.2, 0.25) is 0 Å². The molecule has 1 rings (SSSR count). The monoisotopic (exact) mass is 251 g/mol. The fourth-order valence-corrected chi connectivity index (χ4v) is 2.00. The summed E-state index contributed by atoms with van der Waals surface area (Å²) in [5, 5.41) is 12.2. The van der Waals surface area contributed by atoms with Gasteiger partial charge in [0.25, 0.3) is 0 Å².